The summed E-state index contributed by atoms with van der Waals surface area (Å²) in [5.74, 6) is -2.81. The molecular weight excluding hydrogens is 234 g/mol. The third kappa shape index (κ3) is 2.00. The predicted molar refractivity (Wildman–Crippen MR) is 68.6 cm³/mol. The van der Waals surface area contributed by atoms with Gasteiger partial charge >= 0.3 is 0 Å². The smallest absolute Gasteiger partial charge is 0.268 e. The van der Waals surface area contributed by atoms with Crippen molar-refractivity contribution in [3.63, 3.8) is 0 Å². The molecule has 1 aliphatic rings. The van der Waals surface area contributed by atoms with Crippen molar-refractivity contribution in [1.29, 1.82) is 0 Å². The lowest BCUT2D eigenvalue weighted by molar-refractivity contribution is 0.0402. The van der Waals surface area contributed by atoms with Gasteiger partial charge in [-0.1, -0.05) is 13.5 Å². The fourth-order valence-electron chi connectivity index (χ4n) is 2.39. The van der Waals surface area contributed by atoms with E-state index in [1.165, 1.54) is 6.92 Å². The number of allylic oxidation sites excluding steroid dienone is 2. The van der Waals surface area contributed by atoms with Crippen molar-refractivity contribution in [2.75, 3.05) is 0 Å². The molecule has 18 heavy (non-hydrogen) atoms. The Balaban J connectivity index is 2.39. The van der Waals surface area contributed by atoms with Gasteiger partial charge in [-0.25, -0.2) is 8.78 Å². The zero-order valence-corrected chi connectivity index (χ0v) is 11.1. The molecule has 0 saturated heterocycles. The monoisotopic (exact) mass is 252 g/mol. The minimum atomic E-state index is -2.81. The van der Waals surface area contributed by atoms with Crippen LogP contribution in [0.4, 0.5) is 8.78 Å². The van der Waals surface area contributed by atoms with E-state index in [0.29, 0.717) is 12.0 Å². The van der Waals surface area contributed by atoms with Crippen molar-refractivity contribution in [2.45, 2.75) is 39.0 Å². The summed E-state index contributed by atoms with van der Waals surface area (Å²) in [7, 11) is 1.84. The van der Waals surface area contributed by atoms with Gasteiger partial charge in [-0.3, -0.25) is 4.68 Å². The highest BCUT2D eigenvalue weighted by Gasteiger charge is 2.33. The van der Waals surface area contributed by atoms with Gasteiger partial charge in [0.15, 0.2) is 0 Å². The average Bonchev–Trinajstić information content (AvgIpc) is 2.63. The Morgan fingerprint density at radius 1 is 1.50 bits per heavy atom. The maximum Gasteiger partial charge on any atom is 0.272 e. The third-order valence-corrected chi connectivity index (χ3v) is 3.62. The van der Waals surface area contributed by atoms with Crippen LogP contribution in [0.5, 0.6) is 0 Å². The Morgan fingerprint density at radius 3 is 2.78 bits per heavy atom. The van der Waals surface area contributed by atoms with Crippen LogP contribution in [-0.4, -0.2) is 15.7 Å². The highest BCUT2D eigenvalue weighted by molar-refractivity contribution is 5.63. The van der Waals surface area contributed by atoms with E-state index in [2.05, 4.69) is 11.7 Å². The van der Waals surface area contributed by atoms with Crippen LogP contribution in [0.15, 0.2) is 17.7 Å². The molecule has 0 radical (unpaired) electrons. The van der Waals surface area contributed by atoms with E-state index in [1.54, 1.807) is 4.68 Å². The van der Waals surface area contributed by atoms with Gasteiger partial charge in [0.05, 0.1) is 11.4 Å². The molecule has 0 saturated carbocycles. The molecule has 1 aromatic rings. The van der Waals surface area contributed by atoms with E-state index in [1.807, 2.05) is 20.0 Å². The van der Waals surface area contributed by atoms with E-state index in [9.17, 15) is 8.78 Å². The highest BCUT2D eigenvalue weighted by atomic mass is 19.3. The predicted octanol–water partition coefficient (Wildman–Crippen LogP) is 3.66. The molecule has 0 fully saturated rings. The summed E-state index contributed by atoms with van der Waals surface area (Å²) in [6, 6.07) is 0. The van der Waals surface area contributed by atoms with Crippen LogP contribution in [0.1, 0.15) is 36.7 Å². The Kier molecular flexibility index (Phi) is 3.13. The molecule has 0 amide bonds. The van der Waals surface area contributed by atoms with Gasteiger partial charge in [-0.15, -0.1) is 0 Å². The number of nitrogens with zero attached hydrogens (tertiary/aromatic N) is 2. The van der Waals surface area contributed by atoms with Crippen molar-refractivity contribution < 1.29 is 8.78 Å². The van der Waals surface area contributed by atoms with Crippen LogP contribution < -0.4 is 0 Å². The maximum absolute atomic E-state index is 13.6. The van der Waals surface area contributed by atoms with Gasteiger partial charge in [0.2, 0.25) is 0 Å². The number of rotatable bonds is 3. The first kappa shape index (κ1) is 13.0. The molecule has 2 rings (SSSR count). The zero-order chi connectivity index (χ0) is 13.5. The van der Waals surface area contributed by atoms with Crippen LogP contribution >= 0.6 is 0 Å². The molecule has 1 aromatic heterocycles. The van der Waals surface area contributed by atoms with Crippen molar-refractivity contribution in [3.05, 3.63) is 34.7 Å². The molecule has 1 heterocycles. The molecule has 0 aliphatic heterocycles. The summed E-state index contributed by atoms with van der Waals surface area (Å²) < 4.78 is 29.1. The molecule has 0 unspecified atom stereocenters. The molecule has 0 atom stereocenters. The maximum atomic E-state index is 13.6. The fraction of sp³-hybridized carbons (Fsp3) is 0.500. The largest absolute Gasteiger partial charge is 0.272 e. The van der Waals surface area contributed by atoms with Crippen molar-refractivity contribution in [1.82, 2.24) is 9.78 Å². The average molecular weight is 252 g/mol. The molecule has 0 bridgehead atoms. The molecule has 0 spiro atoms. The number of halogens is 2. The first-order valence-electron chi connectivity index (χ1n) is 6.17. The third-order valence-electron chi connectivity index (χ3n) is 3.62. The van der Waals surface area contributed by atoms with Crippen molar-refractivity contribution in [3.8, 4) is 0 Å². The Hall–Kier alpha value is -1.45. The topological polar surface area (TPSA) is 17.8 Å². The number of aryl methyl sites for hydroxylation is 2. The number of aromatic nitrogens is 2. The minimum Gasteiger partial charge on any atom is -0.268 e. The van der Waals surface area contributed by atoms with Gasteiger partial charge in [0.25, 0.3) is 5.92 Å². The SMILES string of the molecule is C=C(C1=Cc2c(c(C)nn2C)CC1)C(F)(F)CC. The molecule has 1 aliphatic carbocycles. The summed E-state index contributed by atoms with van der Waals surface area (Å²) in [6.07, 6.45) is 2.98. The molecule has 0 N–H and O–H groups in total. The zero-order valence-electron chi connectivity index (χ0n) is 11.1. The second-order valence-electron chi connectivity index (χ2n) is 4.78. The van der Waals surface area contributed by atoms with E-state index >= 15 is 0 Å². The number of alkyl halides is 2. The van der Waals surface area contributed by atoms with E-state index in [0.717, 1.165) is 23.4 Å². The second kappa shape index (κ2) is 4.34. The van der Waals surface area contributed by atoms with Crippen molar-refractivity contribution >= 4 is 6.08 Å². The van der Waals surface area contributed by atoms with Crippen LogP contribution in [0, 0.1) is 6.92 Å². The normalized spacial score (nSPS) is 15.3. The summed E-state index contributed by atoms with van der Waals surface area (Å²) in [4.78, 5) is 0. The number of hydrogen-bond acceptors (Lipinski definition) is 1. The lowest BCUT2D eigenvalue weighted by Crippen LogP contribution is -2.20. The van der Waals surface area contributed by atoms with Gasteiger partial charge in [-0.05, 0) is 31.4 Å². The van der Waals surface area contributed by atoms with Crippen molar-refractivity contribution in [2.24, 2.45) is 7.05 Å². The number of hydrogen-bond donors (Lipinski definition) is 0. The van der Waals surface area contributed by atoms with Crippen LogP contribution in [0.3, 0.4) is 0 Å². The summed E-state index contributed by atoms with van der Waals surface area (Å²) in [6.45, 7) is 7.01. The first-order valence-corrected chi connectivity index (χ1v) is 6.17. The first-order chi connectivity index (χ1) is 8.36. The Labute approximate surface area is 106 Å². The molecule has 4 heteroatoms. The van der Waals surface area contributed by atoms with Crippen LogP contribution in [0.2, 0.25) is 0 Å². The van der Waals surface area contributed by atoms with E-state index in [4.69, 9.17) is 0 Å². The fourth-order valence-corrected chi connectivity index (χ4v) is 2.39. The Bertz CT molecular complexity index is 524. The van der Waals surface area contributed by atoms with Crippen LogP contribution in [0.25, 0.3) is 6.08 Å². The lowest BCUT2D eigenvalue weighted by Gasteiger charge is -2.22. The minimum absolute atomic E-state index is 0.0468. The van der Waals surface area contributed by atoms with Gasteiger partial charge < -0.3 is 0 Å². The number of fused-ring (bicyclic) bond motifs is 1. The van der Waals surface area contributed by atoms with Gasteiger partial charge in [-0.2, -0.15) is 5.10 Å². The van der Waals surface area contributed by atoms with Gasteiger partial charge in [0, 0.05) is 24.6 Å². The van der Waals surface area contributed by atoms with E-state index < -0.39 is 5.92 Å². The molecule has 2 nitrogen and oxygen atoms in total. The summed E-state index contributed by atoms with van der Waals surface area (Å²) >= 11 is 0. The molecular formula is C14H18F2N2. The summed E-state index contributed by atoms with van der Waals surface area (Å²) in [5.41, 5.74) is 3.68. The Morgan fingerprint density at radius 2 is 2.17 bits per heavy atom. The van der Waals surface area contributed by atoms with E-state index in [-0.39, 0.29) is 12.0 Å². The molecule has 0 aromatic carbocycles. The highest BCUT2D eigenvalue weighted by Crippen LogP contribution is 2.37. The molecule has 98 valence electrons. The van der Waals surface area contributed by atoms with Gasteiger partial charge in [0.1, 0.15) is 0 Å². The summed E-state index contributed by atoms with van der Waals surface area (Å²) in [5, 5.41) is 4.32. The standard InChI is InChI=1S/C14H18F2N2/c1-5-14(15,16)9(2)11-6-7-12-10(3)17-18(4)13(12)8-11/h8H,2,5-7H2,1,3-4H3. The lowest BCUT2D eigenvalue weighted by atomic mass is 9.88. The second-order valence-corrected chi connectivity index (χ2v) is 4.78. The van der Waals surface area contributed by atoms with Crippen LogP contribution in [-0.2, 0) is 13.5 Å². The quantitative estimate of drug-likeness (QED) is 0.802.